The van der Waals surface area contributed by atoms with Crippen molar-refractivity contribution >= 4 is 33.3 Å². The molecule has 2 aromatic carbocycles. The minimum absolute atomic E-state index is 0.457. The number of fused-ring (bicyclic) bond motifs is 2. The molecule has 0 atom stereocenters. The number of rotatable bonds is 5. The van der Waals surface area contributed by atoms with E-state index in [1.54, 1.807) is 6.07 Å². The average molecular weight is 445 g/mol. The summed E-state index contributed by atoms with van der Waals surface area (Å²) in [7, 11) is 2.13. The SMILES string of the molecule is CN1CCCc2nc(-c3nsc4c(C(N)=O)cccc34)nc(NCc3ccccc3)c2C1. The predicted octanol–water partition coefficient (Wildman–Crippen LogP) is 3.84. The van der Waals surface area contributed by atoms with E-state index in [1.807, 2.05) is 30.3 Å². The molecule has 0 radical (unpaired) electrons. The van der Waals surface area contributed by atoms with Crippen molar-refractivity contribution in [2.24, 2.45) is 5.73 Å². The number of anilines is 1. The van der Waals surface area contributed by atoms with E-state index < -0.39 is 5.91 Å². The molecule has 0 aliphatic carbocycles. The van der Waals surface area contributed by atoms with Crippen LogP contribution in [0.5, 0.6) is 0 Å². The Morgan fingerprint density at radius 2 is 2.00 bits per heavy atom. The number of carbonyl (C=O) groups is 1. The molecule has 0 saturated heterocycles. The highest BCUT2D eigenvalue weighted by molar-refractivity contribution is 7.14. The molecule has 1 aliphatic rings. The van der Waals surface area contributed by atoms with E-state index in [1.165, 1.54) is 17.1 Å². The van der Waals surface area contributed by atoms with E-state index in [2.05, 4.69) is 33.8 Å². The molecule has 0 spiro atoms. The first-order chi connectivity index (χ1) is 15.6. The Kier molecular flexibility index (Phi) is 5.55. The number of nitrogens with zero attached hydrogens (tertiary/aromatic N) is 4. The van der Waals surface area contributed by atoms with Crippen LogP contribution in [0.3, 0.4) is 0 Å². The maximum atomic E-state index is 11.9. The lowest BCUT2D eigenvalue weighted by Crippen LogP contribution is -2.19. The summed E-state index contributed by atoms with van der Waals surface area (Å²) in [4.78, 5) is 24.0. The monoisotopic (exact) mass is 444 g/mol. The fourth-order valence-corrected chi connectivity index (χ4v) is 5.01. The molecule has 1 amide bonds. The quantitative estimate of drug-likeness (QED) is 0.485. The number of benzene rings is 2. The van der Waals surface area contributed by atoms with Crippen molar-refractivity contribution in [1.29, 1.82) is 0 Å². The summed E-state index contributed by atoms with van der Waals surface area (Å²) in [5.74, 6) is 0.966. The van der Waals surface area contributed by atoms with Crippen molar-refractivity contribution in [3.63, 3.8) is 0 Å². The van der Waals surface area contributed by atoms with E-state index in [0.29, 0.717) is 23.6 Å². The third-order valence-electron chi connectivity index (χ3n) is 5.75. The van der Waals surface area contributed by atoms with Crippen LogP contribution in [0.25, 0.3) is 21.6 Å². The zero-order chi connectivity index (χ0) is 22.1. The van der Waals surface area contributed by atoms with Crippen LogP contribution in [0.1, 0.15) is 33.6 Å². The van der Waals surface area contributed by atoms with Gasteiger partial charge < -0.3 is 16.0 Å². The molecular weight excluding hydrogens is 420 g/mol. The maximum absolute atomic E-state index is 11.9. The lowest BCUT2D eigenvalue weighted by atomic mass is 10.1. The van der Waals surface area contributed by atoms with Gasteiger partial charge in [0.1, 0.15) is 11.5 Å². The number of aromatic nitrogens is 3. The lowest BCUT2D eigenvalue weighted by molar-refractivity contribution is 0.100. The maximum Gasteiger partial charge on any atom is 0.250 e. The van der Waals surface area contributed by atoms with Crippen molar-refractivity contribution in [2.45, 2.75) is 25.9 Å². The second-order valence-electron chi connectivity index (χ2n) is 8.08. The molecule has 0 saturated carbocycles. The van der Waals surface area contributed by atoms with Gasteiger partial charge >= 0.3 is 0 Å². The second kappa shape index (κ2) is 8.64. The number of hydrogen-bond acceptors (Lipinski definition) is 7. The number of nitrogens with one attached hydrogen (secondary N) is 1. The highest BCUT2D eigenvalue weighted by atomic mass is 32.1. The Labute approximate surface area is 190 Å². The summed E-state index contributed by atoms with van der Waals surface area (Å²) in [6.45, 7) is 2.50. The topological polar surface area (TPSA) is 97.0 Å². The van der Waals surface area contributed by atoms with E-state index in [9.17, 15) is 4.79 Å². The fourth-order valence-electron chi connectivity index (χ4n) is 4.12. The molecule has 8 heteroatoms. The number of amides is 1. The van der Waals surface area contributed by atoms with E-state index in [-0.39, 0.29) is 0 Å². The minimum atomic E-state index is -0.457. The molecular formula is C24H24N6OS. The Hall–Kier alpha value is -3.36. The van der Waals surface area contributed by atoms with Crippen LogP contribution in [-0.4, -0.2) is 38.7 Å². The van der Waals surface area contributed by atoms with Gasteiger partial charge in [-0.25, -0.2) is 9.97 Å². The number of hydrogen-bond donors (Lipinski definition) is 2. The number of primary amides is 1. The van der Waals surface area contributed by atoms with Crippen molar-refractivity contribution in [3.8, 4) is 11.5 Å². The summed E-state index contributed by atoms with van der Waals surface area (Å²) in [5, 5.41) is 4.39. The van der Waals surface area contributed by atoms with Crippen LogP contribution < -0.4 is 11.1 Å². The number of carbonyl (C=O) groups excluding carboxylic acids is 1. The first kappa shape index (κ1) is 20.5. The van der Waals surface area contributed by atoms with Crippen LogP contribution in [0.4, 0.5) is 5.82 Å². The third kappa shape index (κ3) is 3.94. The van der Waals surface area contributed by atoms with Crippen LogP contribution >= 0.6 is 11.5 Å². The average Bonchev–Trinajstić information content (AvgIpc) is 3.14. The van der Waals surface area contributed by atoms with E-state index in [0.717, 1.165) is 53.1 Å². The van der Waals surface area contributed by atoms with Gasteiger partial charge in [-0.3, -0.25) is 4.79 Å². The lowest BCUT2D eigenvalue weighted by Gasteiger charge is -2.18. The Balaban J connectivity index is 1.60. The third-order valence-corrected chi connectivity index (χ3v) is 6.65. The van der Waals surface area contributed by atoms with Gasteiger partial charge in [0, 0.05) is 24.0 Å². The van der Waals surface area contributed by atoms with Crippen LogP contribution in [0, 0.1) is 0 Å². The van der Waals surface area contributed by atoms with Crippen molar-refractivity contribution < 1.29 is 4.79 Å². The summed E-state index contributed by atoms with van der Waals surface area (Å²) in [6.07, 6.45) is 1.94. The van der Waals surface area contributed by atoms with Crippen LogP contribution in [-0.2, 0) is 19.5 Å². The molecule has 0 unspecified atom stereocenters. The van der Waals surface area contributed by atoms with Crippen LogP contribution in [0.15, 0.2) is 48.5 Å². The van der Waals surface area contributed by atoms with Gasteiger partial charge in [0.05, 0.1) is 16.0 Å². The van der Waals surface area contributed by atoms with E-state index in [4.69, 9.17) is 15.7 Å². The smallest absolute Gasteiger partial charge is 0.250 e. The highest BCUT2D eigenvalue weighted by Crippen LogP contribution is 2.33. The van der Waals surface area contributed by atoms with Gasteiger partial charge in [0.2, 0.25) is 5.91 Å². The molecule has 0 fully saturated rings. The molecule has 3 N–H and O–H groups in total. The molecule has 3 heterocycles. The number of nitrogens with two attached hydrogens (primary N) is 1. The van der Waals surface area contributed by atoms with Gasteiger partial charge in [-0.2, -0.15) is 4.37 Å². The molecule has 0 bridgehead atoms. The molecule has 162 valence electrons. The number of aryl methyl sites for hydroxylation is 1. The van der Waals surface area contributed by atoms with Gasteiger partial charge in [-0.05, 0) is 49.6 Å². The summed E-state index contributed by atoms with van der Waals surface area (Å²) in [6, 6.07) is 15.8. The largest absolute Gasteiger partial charge is 0.366 e. The van der Waals surface area contributed by atoms with Gasteiger partial charge in [-0.1, -0.05) is 42.5 Å². The molecule has 2 aromatic heterocycles. The molecule has 1 aliphatic heterocycles. The summed E-state index contributed by atoms with van der Waals surface area (Å²) < 4.78 is 5.40. The van der Waals surface area contributed by atoms with Crippen molar-refractivity contribution in [1.82, 2.24) is 19.2 Å². The fraction of sp³-hybridized carbons (Fsp3) is 0.250. The normalized spacial score (nSPS) is 14.2. The first-order valence-corrected chi connectivity index (χ1v) is 11.4. The highest BCUT2D eigenvalue weighted by Gasteiger charge is 2.22. The standard InChI is InChI=1S/C24H24N6OS/c1-30-12-6-11-19-18(14-30)23(26-13-15-7-3-2-4-8-15)28-24(27-19)20-16-9-5-10-17(22(25)31)21(16)32-29-20/h2-5,7-10H,6,11-14H2,1H3,(H2,25,31)(H,26,27,28). The second-order valence-corrected chi connectivity index (χ2v) is 8.85. The van der Waals surface area contributed by atoms with Gasteiger partial charge in [-0.15, -0.1) is 0 Å². The summed E-state index contributed by atoms with van der Waals surface area (Å²) >= 11 is 1.26. The molecule has 4 aromatic rings. The molecule has 32 heavy (non-hydrogen) atoms. The van der Waals surface area contributed by atoms with Gasteiger partial charge in [0.15, 0.2) is 5.82 Å². The van der Waals surface area contributed by atoms with Crippen molar-refractivity contribution in [3.05, 3.63) is 70.9 Å². The minimum Gasteiger partial charge on any atom is -0.366 e. The van der Waals surface area contributed by atoms with Gasteiger partial charge in [0.25, 0.3) is 0 Å². The predicted molar refractivity (Wildman–Crippen MR) is 128 cm³/mol. The van der Waals surface area contributed by atoms with Crippen LogP contribution in [0.2, 0.25) is 0 Å². The Bertz CT molecular complexity index is 1290. The zero-order valence-corrected chi connectivity index (χ0v) is 18.7. The molecule has 7 nitrogen and oxygen atoms in total. The zero-order valence-electron chi connectivity index (χ0n) is 17.8. The van der Waals surface area contributed by atoms with E-state index >= 15 is 0 Å². The van der Waals surface area contributed by atoms with Crippen molar-refractivity contribution in [2.75, 3.05) is 18.9 Å². The Morgan fingerprint density at radius 1 is 1.16 bits per heavy atom. The summed E-state index contributed by atoms with van der Waals surface area (Å²) in [5.41, 5.74) is 10.1. The first-order valence-electron chi connectivity index (χ1n) is 10.6. The Morgan fingerprint density at radius 3 is 2.81 bits per heavy atom. The molecule has 5 rings (SSSR count).